The molecular formula is C9H19N3O. The van der Waals surface area contributed by atoms with Crippen molar-refractivity contribution in [3.63, 3.8) is 0 Å². The van der Waals surface area contributed by atoms with Crippen molar-refractivity contribution < 1.29 is 4.74 Å². The van der Waals surface area contributed by atoms with Crippen molar-refractivity contribution in [3.05, 3.63) is 0 Å². The molecule has 0 rings (SSSR count). The molecule has 0 aromatic carbocycles. The molecule has 0 aliphatic carbocycles. The molecule has 4 heteroatoms. The van der Waals surface area contributed by atoms with Gasteiger partial charge >= 0.3 is 0 Å². The first-order valence-corrected chi connectivity index (χ1v) is 4.63. The van der Waals surface area contributed by atoms with E-state index in [1.165, 1.54) is 0 Å². The number of rotatable bonds is 7. The summed E-state index contributed by atoms with van der Waals surface area (Å²) >= 11 is 0. The molecule has 0 aliphatic rings. The molecule has 13 heavy (non-hydrogen) atoms. The Morgan fingerprint density at radius 2 is 2.15 bits per heavy atom. The maximum absolute atomic E-state index is 8.61. The number of nitriles is 1. The van der Waals surface area contributed by atoms with Gasteiger partial charge in [-0.1, -0.05) is 0 Å². The Bertz CT molecular complexity index is 155. The van der Waals surface area contributed by atoms with Gasteiger partial charge < -0.3 is 15.8 Å². The second-order valence-corrected chi connectivity index (χ2v) is 3.06. The number of hydrogen-bond donors (Lipinski definition) is 2. The second kappa shape index (κ2) is 7.99. The van der Waals surface area contributed by atoms with Gasteiger partial charge in [0.2, 0.25) is 0 Å². The van der Waals surface area contributed by atoms with E-state index < -0.39 is 0 Å². The number of nitrogens with two attached hydrogens (primary N) is 1. The summed E-state index contributed by atoms with van der Waals surface area (Å²) in [5, 5.41) is 11.8. The fourth-order valence-electron chi connectivity index (χ4n) is 0.833. The van der Waals surface area contributed by atoms with Crippen LogP contribution in [0.4, 0.5) is 0 Å². The molecule has 0 aromatic heterocycles. The zero-order chi connectivity index (χ0) is 10.1. The van der Waals surface area contributed by atoms with Crippen LogP contribution in [0.1, 0.15) is 13.8 Å². The molecule has 0 radical (unpaired) electrons. The molecule has 0 spiro atoms. The van der Waals surface area contributed by atoms with E-state index in [9.17, 15) is 0 Å². The number of nitrogens with zero attached hydrogens (tertiary/aromatic N) is 1. The topological polar surface area (TPSA) is 71.1 Å². The van der Waals surface area contributed by atoms with Crippen LogP contribution in [-0.2, 0) is 4.74 Å². The van der Waals surface area contributed by atoms with Gasteiger partial charge in [0, 0.05) is 19.1 Å². The summed E-state index contributed by atoms with van der Waals surface area (Å²) < 4.78 is 5.18. The predicted molar refractivity (Wildman–Crippen MR) is 52.1 cm³/mol. The van der Waals surface area contributed by atoms with Gasteiger partial charge in [-0.05, 0) is 13.8 Å². The van der Waals surface area contributed by atoms with Gasteiger partial charge in [-0.3, -0.25) is 0 Å². The summed E-state index contributed by atoms with van der Waals surface area (Å²) in [5.41, 5.74) is 5.25. The van der Waals surface area contributed by atoms with E-state index in [4.69, 9.17) is 15.7 Å². The van der Waals surface area contributed by atoms with Crippen LogP contribution in [0.5, 0.6) is 0 Å². The first-order chi connectivity index (χ1) is 6.22. The molecule has 0 aliphatic heterocycles. The van der Waals surface area contributed by atoms with Crippen molar-refractivity contribution in [1.29, 1.82) is 5.26 Å². The van der Waals surface area contributed by atoms with Gasteiger partial charge in [0.05, 0.1) is 25.2 Å². The van der Waals surface area contributed by atoms with Crippen LogP contribution in [0.25, 0.3) is 0 Å². The Hall–Kier alpha value is -0.630. The van der Waals surface area contributed by atoms with Gasteiger partial charge in [0.15, 0.2) is 0 Å². The molecule has 0 bridgehead atoms. The largest absolute Gasteiger partial charge is 0.379 e. The smallest absolute Gasteiger partial charge is 0.0669 e. The highest BCUT2D eigenvalue weighted by molar-refractivity contribution is 4.86. The molecular weight excluding hydrogens is 166 g/mol. The summed E-state index contributed by atoms with van der Waals surface area (Å²) in [7, 11) is 0. The SMILES string of the molecule is CC(C#N)C(C)NCCOCCN. The van der Waals surface area contributed by atoms with Crippen molar-refractivity contribution in [2.45, 2.75) is 19.9 Å². The van der Waals surface area contributed by atoms with Gasteiger partial charge in [-0.25, -0.2) is 0 Å². The van der Waals surface area contributed by atoms with Gasteiger partial charge in [0.25, 0.3) is 0 Å². The molecule has 0 heterocycles. The molecule has 0 amide bonds. The van der Waals surface area contributed by atoms with Gasteiger partial charge in [-0.15, -0.1) is 0 Å². The zero-order valence-corrected chi connectivity index (χ0v) is 8.42. The molecule has 2 unspecified atom stereocenters. The van der Waals surface area contributed by atoms with E-state index in [1.807, 2.05) is 13.8 Å². The highest BCUT2D eigenvalue weighted by Gasteiger charge is 2.08. The quantitative estimate of drug-likeness (QED) is 0.552. The summed E-state index contributed by atoms with van der Waals surface area (Å²) in [5.74, 6) is 0.0366. The highest BCUT2D eigenvalue weighted by atomic mass is 16.5. The van der Waals surface area contributed by atoms with Crippen molar-refractivity contribution >= 4 is 0 Å². The average Bonchev–Trinajstić information content (AvgIpc) is 2.16. The lowest BCUT2D eigenvalue weighted by atomic mass is 10.1. The molecule has 0 saturated carbocycles. The Kier molecular flexibility index (Phi) is 7.60. The lowest BCUT2D eigenvalue weighted by Crippen LogP contribution is -2.34. The maximum atomic E-state index is 8.61. The number of hydrogen-bond acceptors (Lipinski definition) is 4. The van der Waals surface area contributed by atoms with E-state index in [2.05, 4.69) is 11.4 Å². The minimum Gasteiger partial charge on any atom is -0.379 e. The monoisotopic (exact) mass is 185 g/mol. The van der Waals surface area contributed by atoms with E-state index >= 15 is 0 Å². The maximum Gasteiger partial charge on any atom is 0.0669 e. The summed E-state index contributed by atoms with van der Waals surface area (Å²) in [4.78, 5) is 0. The van der Waals surface area contributed by atoms with Crippen LogP contribution in [0.2, 0.25) is 0 Å². The van der Waals surface area contributed by atoms with Crippen molar-refractivity contribution in [1.82, 2.24) is 5.32 Å². The minimum atomic E-state index is 0.0366. The van der Waals surface area contributed by atoms with Crippen LogP contribution in [0.3, 0.4) is 0 Å². The van der Waals surface area contributed by atoms with E-state index in [0.29, 0.717) is 19.8 Å². The third kappa shape index (κ3) is 6.52. The molecule has 0 saturated heterocycles. The Morgan fingerprint density at radius 1 is 1.46 bits per heavy atom. The summed E-state index contributed by atoms with van der Waals surface area (Å²) in [6, 6.07) is 2.41. The summed E-state index contributed by atoms with van der Waals surface area (Å²) in [6.07, 6.45) is 0. The first-order valence-electron chi connectivity index (χ1n) is 4.63. The average molecular weight is 185 g/mol. The Labute approximate surface area is 80.1 Å². The van der Waals surface area contributed by atoms with Crippen molar-refractivity contribution in [2.75, 3.05) is 26.3 Å². The van der Waals surface area contributed by atoms with E-state index in [-0.39, 0.29) is 12.0 Å². The van der Waals surface area contributed by atoms with Crippen LogP contribution < -0.4 is 11.1 Å². The molecule has 4 nitrogen and oxygen atoms in total. The van der Waals surface area contributed by atoms with Crippen LogP contribution in [0.15, 0.2) is 0 Å². The minimum absolute atomic E-state index is 0.0366. The standard InChI is InChI=1S/C9H19N3O/c1-8(7-11)9(2)12-4-6-13-5-3-10/h8-9,12H,3-6,10H2,1-2H3. The highest BCUT2D eigenvalue weighted by Crippen LogP contribution is 1.98. The fourth-order valence-corrected chi connectivity index (χ4v) is 0.833. The van der Waals surface area contributed by atoms with Crippen LogP contribution in [0, 0.1) is 17.2 Å². The van der Waals surface area contributed by atoms with Crippen molar-refractivity contribution in [2.24, 2.45) is 11.7 Å². The van der Waals surface area contributed by atoms with E-state index in [0.717, 1.165) is 6.54 Å². The molecule has 0 aromatic rings. The normalized spacial score (nSPS) is 14.9. The fraction of sp³-hybridized carbons (Fsp3) is 0.889. The second-order valence-electron chi connectivity index (χ2n) is 3.06. The lowest BCUT2D eigenvalue weighted by Gasteiger charge is -2.15. The first kappa shape index (κ1) is 12.4. The lowest BCUT2D eigenvalue weighted by molar-refractivity contribution is 0.140. The molecule has 3 N–H and O–H groups in total. The summed E-state index contributed by atoms with van der Waals surface area (Å²) in [6.45, 7) is 6.48. The van der Waals surface area contributed by atoms with Crippen molar-refractivity contribution in [3.8, 4) is 6.07 Å². The third-order valence-corrected chi connectivity index (χ3v) is 1.93. The van der Waals surface area contributed by atoms with Crippen LogP contribution >= 0.6 is 0 Å². The molecule has 2 atom stereocenters. The number of nitrogens with one attached hydrogen (secondary N) is 1. The predicted octanol–water partition coefficient (Wildman–Crippen LogP) is 0.0995. The van der Waals surface area contributed by atoms with Crippen LogP contribution in [-0.4, -0.2) is 32.3 Å². The van der Waals surface area contributed by atoms with E-state index in [1.54, 1.807) is 0 Å². The Morgan fingerprint density at radius 3 is 2.69 bits per heavy atom. The Balaban J connectivity index is 3.28. The molecule has 76 valence electrons. The number of ether oxygens (including phenoxy) is 1. The zero-order valence-electron chi connectivity index (χ0n) is 8.42. The molecule has 0 fully saturated rings. The van der Waals surface area contributed by atoms with Gasteiger partial charge in [0.1, 0.15) is 0 Å². The van der Waals surface area contributed by atoms with Gasteiger partial charge in [-0.2, -0.15) is 5.26 Å². The third-order valence-electron chi connectivity index (χ3n) is 1.93.